The number of esters is 1. The summed E-state index contributed by atoms with van der Waals surface area (Å²) in [5.41, 5.74) is -0.714. The van der Waals surface area contributed by atoms with E-state index in [-0.39, 0.29) is 6.09 Å². The molecule has 1 aliphatic heterocycles. The van der Waals surface area contributed by atoms with E-state index in [1.165, 1.54) is 7.11 Å². The van der Waals surface area contributed by atoms with Gasteiger partial charge in [0.25, 0.3) is 0 Å². The first-order valence-corrected chi connectivity index (χ1v) is 7.44. The Morgan fingerprint density at radius 1 is 1.23 bits per heavy atom. The average molecular weight is 313 g/mol. The molecule has 126 valence electrons. The zero-order valence-electron chi connectivity index (χ0n) is 14.2. The molecule has 0 aromatic heterocycles. The molecular weight excluding hydrogens is 286 g/mol. The number of ether oxygens (including phenoxy) is 3. The van der Waals surface area contributed by atoms with Crippen LogP contribution in [0.1, 0.15) is 40.5 Å². The maximum Gasteiger partial charge on any atom is 0.410 e. The maximum atomic E-state index is 12.1. The summed E-state index contributed by atoms with van der Waals surface area (Å²) in [7, 11) is 1.34. The number of likely N-dealkylation sites (tertiary alicyclic amines) is 1. The van der Waals surface area contributed by atoms with Crippen LogP contribution in [0.5, 0.6) is 0 Å². The molecule has 1 heterocycles. The molecule has 0 spiro atoms. The number of nitrogens with zero attached hydrogens (tertiary/aromatic N) is 1. The molecule has 0 aliphatic carbocycles. The molecule has 0 N–H and O–H groups in total. The third-order valence-corrected chi connectivity index (χ3v) is 3.38. The Morgan fingerprint density at radius 2 is 1.77 bits per heavy atom. The number of hydrogen-bond donors (Lipinski definition) is 0. The summed E-state index contributed by atoms with van der Waals surface area (Å²) in [5.74, 6) is -0.405. The second-order valence-corrected chi connectivity index (χ2v) is 6.70. The molecule has 1 amide bonds. The molecule has 0 atom stereocenters. The highest BCUT2D eigenvalue weighted by molar-refractivity contribution is 5.80. The first-order chi connectivity index (χ1) is 10.1. The van der Waals surface area contributed by atoms with Gasteiger partial charge in [-0.2, -0.15) is 0 Å². The molecule has 0 unspecified atom stereocenters. The Balaban J connectivity index is 2.70. The van der Waals surface area contributed by atoms with Crippen molar-refractivity contribution in [2.45, 2.75) is 51.7 Å². The Bertz CT molecular complexity index is 430. The third kappa shape index (κ3) is 5.02. The van der Waals surface area contributed by atoms with Gasteiger partial charge in [-0.15, -0.1) is 0 Å². The second kappa shape index (κ2) is 7.13. The summed E-state index contributed by atoms with van der Waals surface area (Å²) in [5, 5.41) is 0. The molecular formula is C16H27NO5. The van der Waals surface area contributed by atoms with Crippen LogP contribution in [0.2, 0.25) is 0 Å². The minimum absolute atomic E-state index is 0.293. The van der Waals surface area contributed by atoms with Crippen molar-refractivity contribution in [1.82, 2.24) is 4.90 Å². The highest BCUT2D eigenvalue weighted by atomic mass is 16.6. The van der Waals surface area contributed by atoms with Crippen LogP contribution in [0.3, 0.4) is 0 Å². The first-order valence-electron chi connectivity index (χ1n) is 7.44. The predicted octanol–water partition coefficient (Wildman–Crippen LogP) is 2.52. The lowest BCUT2D eigenvalue weighted by molar-refractivity contribution is -0.174. The number of carbonyl (C=O) groups excluding carboxylic acids is 2. The highest BCUT2D eigenvalue weighted by Gasteiger charge is 2.45. The molecule has 0 aromatic rings. The van der Waals surface area contributed by atoms with Gasteiger partial charge in [-0.05, 0) is 27.7 Å². The van der Waals surface area contributed by atoms with Gasteiger partial charge in [0, 0.05) is 25.9 Å². The largest absolute Gasteiger partial charge is 0.467 e. The Labute approximate surface area is 132 Å². The molecule has 6 heteroatoms. The Kier molecular flexibility index (Phi) is 6.00. The van der Waals surface area contributed by atoms with Crippen molar-refractivity contribution in [3.05, 3.63) is 12.2 Å². The van der Waals surface area contributed by atoms with Gasteiger partial charge in [0.15, 0.2) is 5.60 Å². The van der Waals surface area contributed by atoms with E-state index < -0.39 is 17.2 Å². The molecule has 1 rings (SSSR count). The van der Waals surface area contributed by atoms with Gasteiger partial charge in [-0.3, -0.25) is 0 Å². The molecule has 0 saturated carbocycles. The first kappa shape index (κ1) is 18.5. The molecule has 0 bridgehead atoms. The fourth-order valence-electron chi connectivity index (χ4n) is 2.23. The highest BCUT2D eigenvalue weighted by Crippen LogP contribution is 2.29. The number of rotatable bonds is 4. The van der Waals surface area contributed by atoms with Gasteiger partial charge in [0.2, 0.25) is 0 Å². The zero-order valence-corrected chi connectivity index (χ0v) is 14.2. The van der Waals surface area contributed by atoms with E-state index in [1.807, 2.05) is 27.7 Å². The summed E-state index contributed by atoms with van der Waals surface area (Å²) < 4.78 is 16.0. The van der Waals surface area contributed by atoms with Crippen molar-refractivity contribution in [2.24, 2.45) is 0 Å². The van der Waals surface area contributed by atoms with Crippen LogP contribution in [-0.2, 0) is 19.0 Å². The molecule has 6 nitrogen and oxygen atoms in total. The van der Waals surface area contributed by atoms with Crippen LogP contribution in [0.4, 0.5) is 4.79 Å². The van der Waals surface area contributed by atoms with Crippen LogP contribution in [0.25, 0.3) is 0 Å². The smallest absolute Gasteiger partial charge is 0.410 e. The van der Waals surface area contributed by atoms with Crippen molar-refractivity contribution in [1.29, 1.82) is 0 Å². The van der Waals surface area contributed by atoms with Crippen molar-refractivity contribution >= 4 is 12.1 Å². The van der Waals surface area contributed by atoms with Crippen LogP contribution < -0.4 is 0 Å². The van der Waals surface area contributed by atoms with E-state index in [1.54, 1.807) is 4.90 Å². The molecule has 1 fully saturated rings. The normalized spacial score (nSPS) is 17.8. The van der Waals surface area contributed by atoms with Gasteiger partial charge in [-0.1, -0.05) is 12.2 Å². The monoisotopic (exact) mass is 313 g/mol. The van der Waals surface area contributed by atoms with E-state index in [0.717, 1.165) is 5.57 Å². The lowest BCUT2D eigenvalue weighted by atomic mass is 9.91. The average Bonchev–Trinajstić information content (AvgIpc) is 2.42. The molecule has 1 saturated heterocycles. The fraction of sp³-hybridized carbons (Fsp3) is 0.750. The molecule has 1 aliphatic rings. The van der Waals surface area contributed by atoms with Crippen molar-refractivity contribution < 1.29 is 23.8 Å². The number of hydrogen-bond acceptors (Lipinski definition) is 5. The van der Waals surface area contributed by atoms with E-state index in [2.05, 4.69) is 6.58 Å². The van der Waals surface area contributed by atoms with Crippen LogP contribution in [-0.4, -0.2) is 55.0 Å². The topological polar surface area (TPSA) is 65.1 Å². The lowest BCUT2D eigenvalue weighted by Gasteiger charge is -2.39. The quantitative estimate of drug-likeness (QED) is 0.589. The van der Waals surface area contributed by atoms with E-state index in [0.29, 0.717) is 32.5 Å². The molecule has 22 heavy (non-hydrogen) atoms. The van der Waals surface area contributed by atoms with Gasteiger partial charge < -0.3 is 19.1 Å². The SMILES string of the molecule is C=C(C)COC1(C(=O)OC)CCN(C(=O)OC(C)(C)C)CC1. The summed E-state index contributed by atoms with van der Waals surface area (Å²) in [4.78, 5) is 25.8. The number of piperidine rings is 1. The van der Waals surface area contributed by atoms with E-state index in [9.17, 15) is 9.59 Å². The Morgan fingerprint density at radius 3 is 2.18 bits per heavy atom. The second-order valence-electron chi connectivity index (χ2n) is 6.70. The van der Waals surface area contributed by atoms with Gasteiger partial charge >= 0.3 is 12.1 Å². The van der Waals surface area contributed by atoms with Crippen LogP contribution >= 0.6 is 0 Å². The van der Waals surface area contributed by atoms with Crippen molar-refractivity contribution in [3.8, 4) is 0 Å². The van der Waals surface area contributed by atoms with Crippen LogP contribution in [0, 0.1) is 0 Å². The van der Waals surface area contributed by atoms with Gasteiger partial charge in [-0.25, -0.2) is 9.59 Å². The summed E-state index contributed by atoms with van der Waals surface area (Å²) in [6, 6.07) is 0. The summed E-state index contributed by atoms with van der Waals surface area (Å²) >= 11 is 0. The van der Waals surface area contributed by atoms with E-state index >= 15 is 0 Å². The van der Waals surface area contributed by atoms with Crippen molar-refractivity contribution in [2.75, 3.05) is 26.8 Å². The number of methoxy groups -OCH3 is 1. The lowest BCUT2D eigenvalue weighted by Crippen LogP contribution is -2.53. The van der Waals surface area contributed by atoms with E-state index in [4.69, 9.17) is 14.2 Å². The predicted molar refractivity (Wildman–Crippen MR) is 82.6 cm³/mol. The summed E-state index contributed by atoms with van der Waals surface area (Å²) in [6.45, 7) is 12.2. The zero-order chi connectivity index (χ0) is 17.0. The Hall–Kier alpha value is -1.56. The summed E-state index contributed by atoms with van der Waals surface area (Å²) in [6.07, 6.45) is 0.393. The van der Waals surface area contributed by atoms with Crippen molar-refractivity contribution in [3.63, 3.8) is 0 Å². The maximum absolute atomic E-state index is 12.1. The standard InChI is InChI=1S/C16H27NO5/c1-12(2)11-21-16(13(18)20-6)7-9-17(10-8-16)14(19)22-15(3,4)5/h1,7-11H2,2-6H3. The number of carbonyl (C=O) groups is 2. The van der Waals surface area contributed by atoms with Gasteiger partial charge in [0.05, 0.1) is 13.7 Å². The minimum atomic E-state index is -1.01. The third-order valence-electron chi connectivity index (χ3n) is 3.38. The minimum Gasteiger partial charge on any atom is -0.467 e. The molecule has 0 aromatic carbocycles. The van der Waals surface area contributed by atoms with Gasteiger partial charge in [0.1, 0.15) is 5.60 Å². The van der Waals surface area contributed by atoms with Crippen LogP contribution in [0.15, 0.2) is 12.2 Å². The number of amides is 1. The molecule has 0 radical (unpaired) electrons. The fourth-order valence-corrected chi connectivity index (χ4v) is 2.23.